The Labute approximate surface area is 216 Å². The molecule has 0 saturated heterocycles. The molecule has 1 atom stereocenters. The van der Waals surface area contributed by atoms with Crippen LogP contribution in [0.25, 0.3) is 11.1 Å². The van der Waals surface area contributed by atoms with Crippen molar-refractivity contribution < 1.29 is 5.41 Å². The van der Waals surface area contributed by atoms with E-state index in [9.17, 15) is 0 Å². The van der Waals surface area contributed by atoms with Crippen molar-refractivity contribution in [2.45, 2.75) is 48.3 Å². The summed E-state index contributed by atoms with van der Waals surface area (Å²) >= 11 is 3.40. The van der Waals surface area contributed by atoms with E-state index in [2.05, 4.69) is 82.3 Å². The molecule has 1 heterocycles. The third-order valence-corrected chi connectivity index (χ3v) is 9.16. The lowest BCUT2D eigenvalue weighted by atomic mass is 9.76. The van der Waals surface area contributed by atoms with Gasteiger partial charge >= 0.3 is 0 Å². The zero-order valence-electron chi connectivity index (χ0n) is 20.6. The van der Waals surface area contributed by atoms with Crippen molar-refractivity contribution in [3.63, 3.8) is 0 Å². The summed E-state index contributed by atoms with van der Waals surface area (Å²) < 4.78 is 0. The van der Waals surface area contributed by atoms with E-state index in [-0.39, 0.29) is 10.8 Å². The first-order valence-corrected chi connectivity index (χ1v) is 13.6. The zero-order chi connectivity index (χ0) is 24.7. The van der Waals surface area contributed by atoms with E-state index in [1.165, 1.54) is 54.9 Å². The van der Waals surface area contributed by atoms with E-state index in [0.29, 0.717) is 0 Å². The first-order chi connectivity index (χ1) is 16.8. The summed E-state index contributed by atoms with van der Waals surface area (Å²) in [4.78, 5) is 2.69. The minimum atomic E-state index is -0.228. The van der Waals surface area contributed by atoms with Gasteiger partial charge in [0.05, 0.1) is 10.9 Å². The highest BCUT2D eigenvalue weighted by Crippen LogP contribution is 2.52. The summed E-state index contributed by atoms with van der Waals surface area (Å²) in [5.74, 6) is 0. The molecule has 0 aliphatic carbocycles. The molecule has 0 radical (unpaired) electrons. The van der Waals surface area contributed by atoms with Crippen molar-refractivity contribution in [2.24, 2.45) is 5.73 Å². The second-order valence-corrected chi connectivity index (χ2v) is 11.9. The molecule has 0 fully saturated rings. The Kier molecular flexibility index (Phi) is 6.39. The average molecular weight is 496 g/mol. The Bertz CT molecular complexity index is 1400. The van der Waals surface area contributed by atoms with E-state index < -0.39 is 0 Å². The Balaban J connectivity index is 1.51. The third-order valence-electron chi connectivity index (χ3n) is 6.96. The molecule has 1 aliphatic heterocycles. The predicted octanol–water partition coefficient (Wildman–Crippen LogP) is 6.66. The number of fused-ring (bicyclic) bond motifs is 2. The summed E-state index contributed by atoms with van der Waals surface area (Å²) in [6, 6.07) is 30.1. The van der Waals surface area contributed by atoms with Crippen LogP contribution in [0.2, 0.25) is 0 Å². The maximum absolute atomic E-state index is 6.68. The number of rotatable bonds is 4. The van der Waals surface area contributed by atoms with Crippen LogP contribution >= 0.6 is 23.5 Å². The lowest BCUT2D eigenvalue weighted by molar-refractivity contribution is -0.107. The molecule has 0 bridgehead atoms. The number of thioether (sulfide) groups is 1. The summed E-state index contributed by atoms with van der Waals surface area (Å²) in [5, 5.41) is 6.91. The molecule has 0 aromatic heterocycles. The van der Waals surface area contributed by atoms with E-state index >= 15 is 0 Å². The normalized spacial score (nSPS) is 14.7. The van der Waals surface area contributed by atoms with E-state index in [0.717, 1.165) is 16.2 Å². The van der Waals surface area contributed by atoms with Gasteiger partial charge in [0.15, 0.2) is 0 Å². The van der Waals surface area contributed by atoms with E-state index in [1.807, 2.05) is 42.1 Å². The predicted molar refractivity (Wildman–Crippen MR) is 151 cm³/mol. The van der Waals surface area contributed by atoms with E-state index in [4.69, 9.17) is 11.1 Å². The lowest BCUT2D eigenvalue weighted by Gasteiger charge is -2.35. The van der Waals surface area contributed by atoms with Gasteiger partial charge < -0.3 is 5.73 Å². The molecule has 4 aromatic carbocycles. The molecule has 1 aliphatic rings. The van der Waals surface area contributed by atoms with Crippen LogP contribution in [0, 0.1) is 13.8 Å². The molecule has 35 heavy (non-hydrogen) atoms. The second-order valence-electron chi connectivity index (χ2n) is 9.70. The molecule has 0 amide bonds. The minimum absolute atomic E-state index is 0.0407. The van der Waals surface area contributed by atoms with Crippen LogP contribution in [0.3, 0.4) is 0 Å². The highest BCUT2D eigenvalue weighted by atomic mass is 32.2. The van der Waals surface area contributed by atoms with Crippen LogP contribution in [0.5, 0.6) is 0 Å². The highest BCUT2D eigenvalue weighted by Gasteiger charge is 2.34. The highest BCUT2D eigenvalue weighted by molar-refractivity contribution is 8.14. The van der Waals surface area contributed by atoms with Crippen molar-refractivity contribution in [3.8, 4) is 11.1 Å². The van der Waals surface area contributed by atoms with Crippen LogP contribution in [0.1, 0.15) is 52.6 Å². The molecule has 2 nitrogen and oxygen atoms in total. The molecule has 176 valence electrons. The number of hydrogen-bond acceptors (Lipinski definition) is 3. The van der Waals surface area contributed by atoms with Crippen LogP contribution in [-0.4, -0.2) is 5.04 Å². The SMILES string of the molecule is Cc1cc(-c2cccc3c2Sc2ccccc2C3(C)C)cc(C)c1C(N)SC(=[NH2+])c1ccccc1. The van der Waals surface area contributed by atoms with Gasteiger partial charge in [-0.15, -0.1) is 0 Å². The van der Waals surface area contributed by atoms with Crippen molar-refractivity contribution in [1.82, 2.24) is 0 Å². The van der Waals surface area contributed by atoms with Gasteiger partial charge in [0.1, 0.15) is 0 Å². The van der Waals surface area contributed by atoms with Crippen molar-refractivity contribution >= 4 is 28.6 Å². The lowest BCUT2D eigenvalue weighted by Crippen LogP contribution is -2.39. The molecule has 1 unspecified atom stereocenters. The Morgan fingerprint density at radius 2 is 1.49 bits per heavy atom. The molecule has 0 saturated carbocycles. The summed E-state index contributed by atoms with van der Waals surface area (Å²) in [6.07, 6.45) is 0. The fourth-order valence-electron chi connectivity index (χ4n) is 5.14. The molecular formula is C31H31N2S2+. The molecule has 4 N–H and O–H groups in total. The summed E-state index contributed by atoms with van der Waals surface area (Å²) in [7, 11) is 0. The first-order valence-electron chi connectivity index (χ1n) is 11.9. The summed E-state index contributed by atoms with van der Waals surface area (Å²) in [5.41, 5.74) is 16.5. The number of hydrogen-bond donors (Lipinski definition) is 2. The van der Waals surface area contributed by atoms with Gasteiger partial charge in [0.25, 0.3) is 0 Å². The Morgan fingerprint density at radius 1 is 0.857 bits per heavy atom. The Morgan fingerprint density at radius 3 is 2.20 bits per heavy atom. The standard InChI is InChI=1S/C31H30N2S2/c1-19-17-22(18-20(2)27(19)30(33)35-29(32)21-11-6-5-7-12-21)23-13-10-15-25-28(23)34-26-16-9-8-14-24(26)31(25,3)4/h5-18,30,32H,33H2,1-4H3/p+1. The van der Waals surface area contributed by atoms with Gasteiger partial charge in [-0.1, -0.05) is 92.3 Å². The van der Waals surface area contributed by atoms with Crippen LogP contribution in [-0.2, 0) is 5.41 Å². The fraction of sp³-hybridized carbons (Fsp3) is 0.194. The quantitative estimate of drug-likeness (QED) is 0.189. The monoisotopic (exact) mass is 495 g/mol. The average Bonchev–Trinajstić information content (AvgIpc) is 2.84. The van der Waals surface area contributed by atoms with E-state index in [1.54, 1.807) is 0 Å². The Hall–Kier alpha value is -2.79. The van der Waals surface area contributed by atoms with Crippen LogP contribution in [0.4, 0.5) is 0 Å². The number of benzene rings is 4. The summed E-state index contributed by atoms with van der Waals surface area (Å²) in [6.45, 7) is 8.98. The zero-order valence-corrected chi connectivity index (χ0v) is 22.3. The first kappa shape index (κ1) is 23.9. The van der Waals surface area contributed by atoms with Gasteiger partial charge in [-0.25, -0.2) is 5.41 Å². The van der Waals surface area contributed by atoms with Crippen LogP contribution in [0.15, 0.2) is 94.7 Å². The van der Waals surface area contributed by atoms with Gasteiger partial charge in [-0.05, 0) is 82.8 Å². The molecule has 0 spiro atoms. The minimum Gasteiger partial charge on any atom is -0.315 e. The molecule has 4 heteroatoms. The van der Waals surface area contributed by atoms with Crippen molar-refractivity contribution in [3.05, 3.63) is 118 Å². The smallest absolute Gasteiger partial charge is 0.240 e. The van der Waals surface area contributed by atoms with Crippen LogP contribution < -0.4 is 11.1 Å². The maximum Gasteiger partial charge on any atom is 0.240 e. The van der Waals surface area contributed by atoms with Gasteiger partial charge in [0.2, 0.25) is 5.04 Å². The topological polar surface area (TPSA) is 51.6 Å². The number of nitrogens with two attached hydrogens (primary N) is 2. The molecule has 5 rings (SSSR count). The maximum atomic E-state index is 6.68. The van der Waals surface area contributed by atoms with Crippen molar-refractivity contribution in [1.29, 1.82) is 0 Å². The van der Waals surface area contributed by atoms with Gasteiger partial charge in [0, 0.05) is 15.2 Å². The van der Waals surface area contributed by atoms with Gasteiger partial charge in [-0.3, -0.25) is 0 Å². The van der Waals surface area contributed by atoms with Crippen molar-refractivity contribution in [2.75, 3.05) is 0 Å². The third kappa shape index (κ3) is 4.35. The fourth-order valence-corrected chi connectivity index (χ4v) is 7.70. The molecule has 4 aromatic rings. The number of aryl methyl sites for hydroxylation is 2. The molecular weight excluding hydrogens is 464 g/mol. The van der Waals surface area contributed by atoms with Gasteiger partial charge in [-0.2, -0.15) is 0 Å². The largest absolute Gasteiger partial charge is 0.315 e. The second kappa shape index (κ2) is 9.34.